The van der Waals surface area contributed by atoms with Gasteiger partial charge in [0.25, 0.3) is 5.91 Å². The molecule has 6 heteroatoms. The summed E-state index contributed by atoms with van der Waals surface area (Å²) in [5.41, 5.74) is 4.85. The van der Waals surface area contributed by atoms with E-state index in [0.29, 0.717) is 17.9 Å². The molecule has 1 atom stereocenters. The van der Waals surface area contributed by atoms with Crippen molar-refractivity contribution in [3.8, 4) is 11.5 Å². The highest BCUT2D eigenvalue weighted by atomic mass is 16.5. The number of nitrogens with zero attached hydrogens (tertiary/aromatic N) is 2. The lowest BCUT2D eigenvalue weighted by Gasteiger charge is -2.17. The van der Waals surface area contributed by atoms with Gasteiger partial charge in [0, 0.05) is 6.54 Å². The molecule has 1 amide bonds. The van der Waals surface area contributed by atoms with Crippen molar-refractivity contribution >= 4 is 16.9 Å². The molecule has 182 valence electrons. The summed E-state index contributed by atoms with van der Waals surface area (Å²) in [7, 11) is 1.57. The monoisotopic (exact) mass is 471 g/mol. The van der Waals surface area contributed by atoms with Crippen molar-refractivity contribution in [2.24, 2.45) is 0 Å². The minimum Gasteiger partial charge on any atom is -0.496 e. The second-order valence-corrected chi connectivity index (χ2v) is 8.83. The summed E-state index contributed by atoms with van der Waals surface area (Å²) in [6.45, 7) is 7.56. The van der Waals surface area contributed by atoms with Gasteiger partial charge >= 0.3 is 0 Å². The van der Waals surface area contributed by atoms with Crippen molar-refractivity contribution in [3.05, 3.63) is 89.2 Å². The first-order valence-corrected chi connectivity index (χ1v) is 12.1. The van der Waals surface area contributed by atoms with Crippen LogP contribution in [0.25, 0.3) is 11.0 Å². The van der Waals surface area contributed by atoms with E-state index in [-0.39, 0.29) is 11.9 Å². The van der Waals surface area contributed by atoms with Crippen LogP contribution in [-0.2, 0) is 6.54 Å². The predicted molar refractivity (Wildman–Crippen MR) is 139 cm³/mol. The zero-order chi connectivity index (χ0) is 24.8. The lowest BCUT2D eigenvalue weighted by atomic mass is 10.1. The Labute approximate surface area is 206 Å². The highest BCUT2D eigenvalue weighted by molar-refractivity contribution is 5.97. The van der Waals surface area contributed by atoms with E-state index in [1.165, 1.54) is 5.56 Å². The molecule has 0 bridgehead atoms. The van der Waals surface area contributed by atoms with Crippen molar-refractivity contribution < 1.29 is 14.3 Å². The fraction of sp³-hybridized carbons (Fsp3) is 0.310. The zero-order valence-corrected chi connectivity index (χ0v) is 20.9. The van der Waals surface area contributed by atoms with E-state index in [0.717, 1.165) is 47.6 Å². The number of carbonyl (C=O) groups excluding carboxylic acids is 1. The number of carbonyl (C=O) groups is 1. The number of amides is 1. The number of hydrogen-bond donors (Lipinski definition) is 1. The fourth-order valence-corrected chi connectivity index (χ4v) is 4.25. The Morgan fingerprint density at radius 2 is 1.77 bits per heavy atom. The maximum atomic E-state index is 13.0. The molecule has 1 N–H and O–H groups in total. The molecule has 6 nitrogen and oxygen atoms in total. The van der Waals surface area contributed by atoms with Crippen molar-refractivity contribution in [3.63, 3.8) is 0 Å². The van der Waals surface area contributed by atoms with E-state index in [1.807, 2.05) is 37.3 Å². The third-order valence-corrected chi connectivity index (χ3v) is 6.15. The minimum absolute atomic E-state index is 0.185. The van der Waals surface area contributed by atoms with Gasteiger partial charge in [-0.05, 0) is 75.1 Å². The molecule has 3 aromatic carbocycles. The Bertz CT molecular complexity index is 1310. The van der Waals surface area contributed by atoms with Crippen molar-refractivity contribution in [2.45, 2.75) is 46.2 Å². The standard InChI is InChI=1S/C29H33N3O3/c1-20-15-16-21(2)27(19-20)35-18-10-9-17-32-25-13-7-6-12-24(25)31-28(32)22(3)30-29(33)23-11-5-8-14-26(23)34-4/h5-8,11-16,19,22H,9-10,17-18H2,1-4H3,(H,30,33). The number of para-hydroxylation sites is 3. The van der Waals surface area contributed by atoms with Crippen LogP contribution in [0.1, 0.15) is 53.1 Å². The van der Waals surface area contributed by atoms with E-state index in [4.69, 9.17) is 14.5 Å². The molecule has 4 rings (SSSR count). The molecule has 0 spiro atoms. The molecule has 0 aliphatic rings. The van der Waals surface area contributed by atoms with E-state index in [9.17, 15) is 4.79 Å². The highest BCUT2D eigenvalue weighted by Gasteiger charge is 2.20. The van der Waals surface area contributed by atoms with E-state index >= 15 is 0 Å². The first-order chi connectivity index (χ1) is 17.0. The quantitative estimate of drug-likeness (QED) is 0.288. The third kappa shape index (κ3) is 5.65. The number of hydrogen-bond acceptors (Lipinski definition) is 4. The van der Waals surface area contributed by atoms with Gasteiger partial charge in [-0.2, -0.15) is 0 Å². The van der Waals surface area contributed by atoms with Gasteiger partial charge < -0.3 is 19.4 Å². The van der Waals surface area contributed by atoms with Gasteiger partial charge in [-0.3, -0.25) is 4.79 Å². The summed E-state index contributed by atoms with van der Waals surface area (Å²) >= 11 is 0. The van der Waals surface area contributed by atoms with Crippen LogP contribution in [0.5, 0.6) is 11.5 Å². The molecule has 0 aliphatic carbocycles. The average molecular weight is 472 g/mol. The van der Waals surface area contributed by atoms with Crippen molar-refractivity contribution in [1.29, 1.82) is 0 Å². The molecule has 0 saturated carbocycles. The molecule has 35 heavy (non-hydrogen) atoms. The van der Waals surface area contributed by atoms with Crippen LogP contribution in [0.2, 0.25) is 0 Å². The molecule has 0 aliphatic heterocycles. The highest BCUT2D eigenvalue weighted by Crippen LogP contribution is 2.24. The third-order valence-electron chi connectivity index (χ3n) is 6.15. The SMILES string of the molecule is COc1ccccc1C(=O)NC(C)c1nc2ccccc2n1CCCCOc1cc(C)ccc1C. The second kappa shape index (κ2) is 11.1. The first kappa shape index (κ1) is 24.3. The molecular formula is C29H33N3O3. The van der Waals surface area contributed by atoms with Crippen LogP contribution in [0.3, 0.4) is 0 Å². The Morgan fingerprint density at radius 1 is 1.00 bits per heavy atom. The smallest absolute Gasteiger partial charge is 0.255 e. The van der Waals surface area contributed by atoms with Crippen LogP contribution in [0, 0.1) is 13.8 Å². The van der Waals surface area contributed by atoms with Gasteiger partial charge in [-0.15, -0.1) is 0 Å². The van der Waals surface area contributed by atoms with E-state index in [2.05, 4.69) is 48.0 Å². The maximum absolute atomic E-state index is 13.0. The molecule has 0 radical (unpaired) electrons. The minimum atomic E-state index is -0.272. The van der Waals surface area contributed by atoms with Crippen LogP contribution < -0.4 is 14.8 Å². The van der Waals surface area contributed by atoms with Crippen LogP contribution in [0.4, 0.5) is 0 Å². The normalized spacial score (nSPS) is 11.9. The topological polar surface area (TPSA) is 65.4 Å². The van der Waals surface area contributed by atoms with Gasteiger partial charge in [0.05, 0.1) is 36.4 Å². The molecule has 4 aromatic rings. The van der Waals surface area contributed by atoms with Gasteiger partial charge in [0.2, 0.25) is 0 Å². The number of nitrogens with one attached hydrogen (secondary N) is 1. The number of aryl methyl sites for hydroxylation is 3. The molecule has 1 heterocycles. The number of unbranched alkanes of at least 4 members (excludes halogenated alkanes) is 1. The molecule has 1 aromatic heterocycles. The Kier molecular flexibility index (Phi) is 7.70. The number of fused-ring (bicyclic) bond motifs is 1. The van der Waals surface area contributed by atoms with Gasteiger partial charge in [0.1, 0.15) is 17.3 Å². The summed E-state index contributed by atoms with van der Waals surface area (Å²) in [5, 5.41) is 3.10. The Balaban J connectivity index is 1.44. The predicted octanol–water partition coefficient (Wildman–Crippen LogP) is 6.01. The average Bonchev–Trinajstić information content (AvgIpc) is 3.24. The molecule has 0 saturated heterocycles. The largest absolute Gasteiger partial charge is 0.496 e. The summed E-state index contributed by atoms with van der Waals surface area (Å²) in [4.78, 5) is 17.8. The molecule has 0 fully saturated rings. The van der Waals surface area contributed by atoms with E-state index < -0.39 is 0 Å². The lowest BCUT2D eigenvalue weighted by molar-refractivity contribution is 0.0934. The number of benzene rings is 3. The van der Waals surface area contributed by atoms with Gasteiger partial charge in [-0.25, -0.2) is 4.98 Å². The fourth-order valence-electron chi connectivity index (χ4n) is 4.25. The zero-order valence-electron chi connectivity index (χ0n) is 20.9. The van der Waals surface area contributed by atoms with Crippen LogP contribution in [0.15, 0.2) is 66.7 Å². The van der Waals surface area contributed by atoms with Crippen LogP contribution >= 0.6 is 0 Å². The summed E-state index contributed by atoms with van der Waals surface area (Å²) in [5.74, 6) is 2.15. The van der Waals surface area contributed by atoms with E-state index in [1.54, 1.807) is 19.2 Å². The number of methoxy groups -OCH3 is 1. The molecular weight excluding hydrogens is 438 g/mol. The number of imidazole rings is 1. The maximum Gasteiger partial charge on any atom is 0.255 e. The summed E-state index contributed by atoms with van der Waals surface area (Å²) < 4.78 is 13.6. The van der Waals surface area contributed by atoms with Crippen LogP contribution in [-0.4, -0.2) is 29.2 Å². The lowest BCUT2D eigenvalue weighted by Crippen LogP contribution is -2.29. The van der Waals surface area contributed by atoms with Crippen molar-refractivity contribution in [2.75, 3.05) is 13.7 Å². The van der Waals surface area contributed by atoms with Gasteiger partial charge in [0.15, 0.2) is 0 Å². The second-order valence-electron chi connectivity index (χ2n) is 8.83. The summed E-state index contributed by atoms with van der Waals surface area (Å²) in [6, 6.07) is 21.3. The molecule has 1 unspecified atom stereocenters. The summed E-state index contributed by atoms with van der Waals surface area (Å²) in [6.07, 6.45) is 1.85. The Hall–Kier alpha value is -3.80. The van der Waals surface area contributed by atoms with Crippen molar-refractivity contribution in [1.82, 2.24) is 14.9 Å². The number of aromatic nitrogens is 2. The number of ether oxygens (including phenoxy) is 2. The first-order valence-electron chi connectivity index (χ1n) is 12.1. The van der Waals surface area contributed by atoms with Gasteiger partial charge in [-0.1, -0.05) is 36.4 Å². The number of rotatable bonds is 10. The Morgan fingerprint density at radius 3 is 2.60 bits per heavy atom.